The Labute approximate surface area is 180 Å². The van der Waals surface area contributed by atoms with Gasteiger partial charge in [-0.3, -0.25) is 0 Å². The summed E-state index contributed by atoms with van der Waals surface area (Å²) in [6, 6.07) is 9.20. The summed E-state index contributed by atoms with van der Waals surface area (Å²) in [4.78, 5) is 0. The predicted molar refractivity (Wildman–Crippen MR) is 127 cm³/mol. The Morgan fingerprint density at radius 3 is 2.14 bits per heavy atom. The average molecular weight is 391 g/mol. The van der Waals surface area contributed by atoms with Crippen LogP contribution in [0.15, 0.2) is 35.9 Å². The standard InChI is InChI=1S/C29H42/c1-3-5-7-9-25-10-12-26(13-11-25)14-15-27-18-22-29(23-19-27)28-20-16-24(17-21-28)8-6-4-2/h12,18-19,22-25,28H,3-11,13,16-17,20-21H2,1-2H3. The van der Waals surface area contributed by atoms with Gasteiger partial charge in [-0.2, -0.15) is 0 Å². The Morgan fingerprint density at radius 2 is 1.48 bits per heavy atom. The molecule has 158 valence electrons. The lowest BCUT2D eigenvalue weighted by Crippen LogP contribution is -2.13. The molecule has 1 atom stereocenters. The van der Waals surface area contributed by atoms with Gasteiger partial charge in [-0.1, -0.05) is 88.8 Å². The van der Waals surface area contributed by atoms with E-state index in [1.807, 2.05) is 0 Å². The maximum atomic E-state index is 3.46. The van der Waals surface area contributed by atoms with Gasteiger partial charge in [-0.15, -0.1) is 0 Å². The van der Waals surface area contributed by atoms with Crippen molar-refractivity contribution in [1.29, 1.82) is 0 Å². The van der Waals surface area contributed by atoms with Crippen LogP contribution in [0.3, 0.4) is 0 Å². The van der Waals surface area contributed by atoms with E-state index in [-0.39, 0.29) is 0 Å². The van der Waals surface area contributed by atoms with Gasteiger partial charge in [0.25, 0.3) is 0 Å². The van der Waals surface area contributed by atoms with E-state index in [1.54, 1.807) is 0 Å². The molecule has 1 aromatic carbocycles. The van der Waals surface area contributed by atoms with Gasteiger partial charge in [-0.05, 0) is 86.0 Å². The van der Waals surface area contributed by atoms with Crippen molar-refractivity contribution in [2.75, 3.05) is 0 Å². The zero-order chi connectivity index (χ0) is 20.3. The van der Waals surface area contributed by atoms with Gasteiger partial charge in [0.15, 0.2) is 0 Å². The highest BCUT2D eigenvalue weighted by molar-refractivity contribution is 5.42. The summed E-state index contributed by atoms with van der Waals surface area (Å²) >= 11 is 0. The number of benzene rings is 1. The fourth-order valence-electron chi connectivity index (χ4n) is 5.22. The van der Waals surface area contributed by atoms with Crippen LogP contribution in [-0.2, 0) is 0 Å². The Bertz CT molecular complexity index is 673. The number of allylic oxidation sites excluding steroid dienone is 2. The first kappa shape index (κ1) is 22.2. The van der Waals surface area contributed by atoms with Crippen molar-refractivity contribution in [3.05, 3.63) is 47.0 Å². The van der Waals surface area contributed by atoms with Crippen molar-refractivity contribution in [3.63, 3.8) is 0 Å². The highest BCUT2D eigenvalue weighted by atomic mass is 14.3. The molecule has 0 amide bonds. The summed E-state index contributed by atoms with van der Waals surface area (Å²) in [6.07, 6.45) is 21.6. The van der Waals surface area contributed by atoms with Crippen LogP contribution in [-0.4, -0.2) is 0 Å². The zero-order valence-corrected chi connectivity index (χ0v) is 19.0. The maximum absolute atomic E-state index is 3.46. The van der Waals surface area contributed by atoms with Crippen molar-refractivity contribution >= 4 is 0 Å². The highest BCUT2D eigenvalue weighted by Crippen LogP contribution is 2.37. The van der Waals surface area contributed by atoms with Crippen molar-refractivity contribution in [2.45, 2.75) is 110 Å². The smallest absolute Gasteiger partial charge is 0.0249 e. The molecule has 1 aromatic rings. The van der Waals surface area contributed by atoms with Crippen molar-refractivity contribution in [1.82, 2.24) is 0 Å². The summed E-state index contributed by atoms with van der Waals surface area (Å²) in [5.74, 6) is 9.56. The van der Waals surface area contributed by atoms with Crippen LogP contribution in [0.2, 0.25) is 0 Å². The Hall–Kier alpha value is -1.48. The van der Waals surface area contributed by atoms with Crippen molar-refractivity contribution < 1.29 is 0 Å². The minimum absolute atomic E-state index is 0.778. The van der Waals surface area contributed by atoms with E-state index in [1.165, 1.54) is 107 Å². The average Bonchev–Trinajstić information content (AvgIpc) is 2.78. The van der Waals surface area contributed by atoms with Gasteiger partial charge in [-0.25, -0.2) is 0 Å². The Kier molecular flexibility index (Phi) is 9.40. The van der Waals surface area contributed by atoms with Crippen LogP contribution in [0.5, 0.6) is 0 Å². The fourth-order valence-corrected chi connectivity index (χ4v) is 5.22. The summed E-state index contributed by atoms with van der Waals surface area (Å²) in [6.45, 7) is 4.60. The fraction of sp³-hybridized carbons (Fsp3) is 0.655. The van der Waals surface area contributed by atoms with Gasteiger partial charge < -0.3 is 0 Å². The van der Waals surface area contributed by atoms with Gasteiger partial charge in [0.2, 0.25) is 0 Å². The van der Waals surface area contributed by atoms with Crippen LogP contribution < -0.4 is 0 Å². The molecule has 0 saturated heterocycles. The quantitative estimate of drug-likeness (QED) is 0.307. The SMILES string of the molecule is CCCCCC1CC=C(C#Cc2ccc(C3CCC(CCCC)CC3)cc2)CC1. The molecule has 0 radical (unpaired) electrons. The molecule has 1 saturated carbocycles. The molecule has 0 N–H and O–H groups in total. The molecule has 2 aliphatic carbocycles. The van der Waals surface area contributed by atoms with Crippen LogP contribution >= 0.6 is 0 Å². The van der Waals surface area contributed by atoms with Gasteiger partial charge in [0, 0.05) is 5.56 Å². The van der Waals surface area contributed by atoms with Crippen LogP contribution in [0.4, 0.5) is 0 Å². The molecular formula is C29H42. The summed E-state index contributed by atoms with van der Waals surface area (Å²) in [7, 11) is 0. The second-order valence-electron chi connectivity index (χ2n) is 9.60. The van der Waals surface area contributed by atoms with Crippen molar-refractivity contribution in [3.8, 4) is 11.8 Å². The first-order valence-electron chi connectivity index (χ1n) is 12.6. The predicted octanol–water partition coefficient (Wildman–Crippen LogP) is 8.81. The van der Waals surface area contributed by atoms with Gasteiger partial charge >= 0.3 is 0 Å². The monoisotopic (exact) mass is 390 g/mol. The lowest BCUT2D eigenvalue weighted by atomic mass is 9.77. The van der Waals surface area contributed by atoms with E-state index < -0.39 is 0 Å². The molecule has 0 spiro atoms. The molecule has 3 rings (SSSR count). The first-order chi connectivity index (χ1) is 14.3. The number of unbranched alkanes of at least 4 members (excludes halogenated alkanes) is 3. The molecule has 0 bridgehead atoms. The molecule has 0 heteroatoms. The Morgan fingerprint density at radius 1 is 0.759 bits per heavy atom. The molecule has 29 heavy (non-hydrogen) atoms. The third-order valence-electron chi connectivity index (χ3n) is 7.30. The topological polar surface area (TPSA) is 0 Å². The number of hydrogen-bond acceptors (Lipinski definition) is 0. The lowest BCUT2D eigenvalue weighted by Gasteiger charge is -2.28. The number of rotatable bonds is 8. The second-order valence-corrected chi connectivity index (χ2v) is 9.60. The minimum Gasteiger partial charge on any atom is -0.0726 e. The highest BCUT2D eigenvalue weighted by Gasteiger charge is 2.21. The zero-order valence-electron chi connectivity index (χ0n) is 19.0. The van der Waals surface area contributed by atoms with Crippen molar-refractivity contribution in [2.24, 2.45) is 11.8 Å². The molecule has 1 fully saturated rings. The van der Waals surface area contributed by atoms with E-state index in [0.29, 0.717) is 0 Å². The normalized spacial score (nSPS) is 24.5. The molecule has 0 heterocycles. The molecule has 0 aliphatic heterocycles. The third kappa shape index (κ3) is 7.37. The summed E-state index contributed by atoms with van der Waals surface area (Å²) in [5.41, 5.74) is 4.08. The van der Waals surface area contributed by atoms with E-state index in [9.17, 15) is 0 Å². The van der Waals surface area contributed by atoms with Gasteiger partial charge in [0.05, 0.1) is 0 Å². The Balaban J connectivity index is 1.46. The summed E-state index contributed by atoms with van der Waals surface area (Å²) < 4.78 is 0. The van der Waals surface area contributed by atoms with Gasteiger partial charge in [0.1, 0.15) is 0 Å². The second kappa shape index (κ2) is 12.3. The molecule has 0 nitrogen and oxygen atoms in total. The van der Waals surface area contributed by atoms with E-state index in [4.69, 9.17) is 0 Å². The molecule has 0 aromatic heterocycles. The van der Waals surface area contributed by atoms with Crippen LogP contribution in [0, 0.1) is 23.7 Å². The first-order valence-corrected chi connectivity index (χ1v) is 12.6. The van der Waals surface area contributed by atoms with E-state index in [0.717, 1.165) is 17.8 Å². The molecule has 1 unspecified atom stereocenters. The minimum atomic E-state index is 0.778. The largest absolute Gasteiger partial charge is 0.0726 e. The van der Waals surface area contributed by atoms with Crippen LogP contribution in [0.25, 0.3) is 0 Å². The third-order valence-corrected chi connectivity index (χ3v) is 7.30. The maximum Gasteiger partial charge on any atom is 0.0249 e. The van der Waals surface area contributed by atoms with E-state index in [2.05, 4.69) is 56.0 Å². The molecular weight excluding hydrogens is 348 g/mol. The summed E-state index contributed by atoms with van der Waals surface area (Å²) in [5, 5.41) is 0. The van der Waals surface area contributed by atoms with Crippen LogP contribution in [0.1, 0.15) is 121 Å². The van der Waals surface area contributed by atoms with E-state index >= 15 is 0 Å². The number of hydrogen-bond donors (Lipinski definition) is 0. The lowest BCUT2D eigenvalue weighted by molar-refractivity contribution is 0.304. The molecule has 2 aliphatic rings.